The molecule has 0 aromatic heterocycles. The first-order chi connectivity index (χ1) is 9.22. The normalized spacial score (nSPS) is 42.1. The molecule has 19 heavy (non-hydrogen) atoms. The highest BCUT2D eigenvalue weighted by atomic mass is 16.1. The van der Waals surface area contributed by atoms with Gasteiger partial charge >= 0.3 is 0 Å². The van der Waals surface area contributed by atoms with Crippen LogP contribution >= 0.6 is 0 Å². The van der Waals surface area contributed by atoms with Crippen LogP contribution in [0, 0.1) is 11.8 Å². The van der Waals surface area contributed by atoms with Crippen LogP contribution in [0.5, 0.6) is 0 Å². The van der Waals surface area contributed by atoms with Crippen LogP contribution < -0.4 is 10.6 Å². The van der Waals surface area contributed by atoms with Crippen LogP contribution in [0.1, 0.15) is 39.0 Å². The lowest BCUT2D eigenvalue weighted by atomic mass is 9.83. The van der Waals surface area contributed by atoms with Crippen molar-refractivity contribution in [3.63, 3.8) is 0 Å². The molecule has 0 aliphatic carbocycles. The summed E-state index contributed by atoms with van der Waals surface area (Å²) in [6, 6.07) is 0.795. The molecule has 3 atom stereocenters. The predicted molar refractivity (Wildman–Crippen MR) is 75.9 cm³/mol. The van der Waals surface area contributed by atoms with Crippen molar-refractivity contribution in [2.75, 3.05) is 26.2 Å². The summed E-state index contributed by atoms with van der Waals surface area (Å²) in [5.74, 6) is 1.61. The Morgan fingerprint density at radius 3 is 2.74 bits per heavy atom. The third-order valence-corrected chi connectivity index (χ3v) is 5.34. The first-order valence-electron chi connectivity index (χ1n) is 7.97. The lowest BCUT2D eigenvalue weighted by Gasteiger charge is -2.45. The van der Waals surface area contributed by atoms with E-state index in [1.807, 2.05) is 0 Å². The molecule has 4 aliphatic heterocycles. The van der Waals surface area contributed by atoms with Gasteiger partial charge in [0.2, 0.25) is 5.91 Å². The van der Waals surface area contributed by atoms with Gasteiger partial charge in [-0.05, 0) is 57.2 Å². The Bertz CT molecular complexity index is 325. The standard InChI is InChI=1S/C15H27N3O/c1-11-3-2-6-16-13(11)9-15(19)17-14-10-18-7-4-12(14)5-8-18/h11-14,16H,2-10H2,1H3,(H,17,19). The van der Waals surface area contributed by atoms with Crippen molar-refractivity contribution in [3.8, 4) is 0 Å². The third kappa shape index (κ3) is 3.11. The first-order valence-corrected chi connectivity index (χ1v) is 7.97. The van der Waals surface area contributed by atoms with E-state index in [2.05, 4.69) is 22.5 Å². The largest absolute Gasteiger partial charge is 0.352 e. The second-order valence-electron chi connectivity index (χ2n) is 6.70. The van der Waals surface area contributed by atoms with Gasteiger partial charge in [0.1, 0.15) is 0 Å². The molecule has 0 aromatic carbocycles. The molecule has 108 valence electrons. The number of piperidine rings is 4. The zero-order valence-corrected chi connectivity index (χ0v) is 12.0. The van der Waals surface area contributed by atoms with Crippen molar-refractivity contribution < 1.29 is 4.79 Å². The van der Waals surface area contributed by atoms with E-state index in [9.17, 15) is 4.79 Å². The van der Waals surface area contributed by atoms with Crippen LogP contribution in [0.4, 0.5) is 0 Å². The first kappa shape index (κ1) is 13.4. The van der Waals surface area contributed by atoms with E-state index in [1.165, 1.54) is 38.8 Å². The minimum Gasteiger partial charge on any atom is -0.352 e. The molecule has 2 N–H and O–H groups in total. The zero-order valence-electron chi connectivity index (χ0n) is 12.0. The summed E-state index contributed by atoms with van der Waals surface area (Å²) >= 11 is 0. The van der Waals surface area contributed by atoms with E-state index < -0.39 is 0 Å². The van der Waals surface area contributed by atoms with Crippen LogP contribution in [-0.4, -0.2) is 49.1 Å². The van der Waals surface area contributed by atoms with E-state index in [0.29, 0.717) is 24.4 Å². The maximum absolute atomic E-state index is 12.2. The van der Waals surface area contributed by atoms with Gasteiger partial charge in [0.15, 0.2) is 0 Å². The maximum Gasteiger partial charge on any atom is 0.221 e. The molecular weight excluding hydrogens is 238 g/mol. The Morgan fingerprint density at radius 1 is 1.32 bits per heavy atom. The van der Waals surface area contributed by atoms with Gasteiger partial charge in [-0.3, -0.25) is 4.79 Å². The molecule has 4 heterocycles. The summed E-state index contributed by atoms with van der Waals surface area (Å²) in [6.07, 6.45) is 5.69. The van der Waals surface area contributed by atoms with Crippen LogP contribution in [0.2, 0.25) is 0 Å². The highest BCUT2D eigenvalue weighted by Crippen LogP contribution is 2.27. The minimum atomic E-state index is 0.255. The van der Waals surface area contributed by atoms with Gasteiger partial charge in [-0.15, -0.1) is 0 Å². The molecule has 3 unspecified atom stereocenters. The number of rotatable bonds is 3. The van der Waals surface area contributed by atoms with Crippen LogP contribution in [0.25, 0.3) is 0 Å². The van der Waals surface area contributed by atoms with Crippen molar-refractivity contribution in [2.24, 2.45) is 11.8 Å². The molecule has 4 rings (SSSR count). The van der Waals surface area contributed by atoms with Crippen LogP contribution in [0.15, 0.2) is 0 Å². The smallest absolute Gasteiger partial charge is 0.221 e. The molecule has 4 aliphatic rings. The van der Waals surface area contributed by atoms with Crippen LogP contribution in [-0.2, 0) is 4.79 Å². The third-order valence-electron chi connectivity index (χ3n) is 5.34. The summed E-state index contributed by atoms with van der Waals surface area (Å²) in [5, 5.41) is 6.80. The SMILES string of the molecule is CC1CCCNC1CC(=O)NC1CN2CCC1CC2. The Hall–Kier alpha value is -0.610. The Labute approximate surface area is 116 Å². The van der Waals surface area contributed by atoms with Gasteiger partial charge in [0.05, 0.1) is 0 Å². The Balaban J connectivity index is 1.48. The summed E-state index contributed by atoms with van der Waals surface area (Å²) in [6.45, 7) is 6.88. The van der Waals surface area contributed by atoms with Gasteiger partial charge < -0.3 is 15.5 Å². The topological polar surface area (TPSA) is 44.4 Å². The molecular formula is C15H27N3O. The number of nitrogens with one attached hydrogen (secondary N) is 2. The maximum atomic E-state index is 12.2. The molecule has 4 nitrogen and oxygen atoms in total. The second kappa shape index (κ2) is 5.80. The Kier molecular flexibility index (Phi) is 4.08. The average molecular weight is 265 g/mol. The monoisotopic (exact) mass is 265 g/mol. The lowest BCUT2D eigenvalue weighted by Crippen LogP contribution is -2.57. The highest BCUT2D eigenvalue weighted by Gasteiger charge is 2.35. The van der Waals surface area contributed by atoms with Gasteiger partial charge in [0, 0.05) is 25.0 Å². The van der Waals surface area contributed by atoms with Gasteiger partial charge in [-0.25, -0.2) is 0 Å². The average Bonchev–Trinajstić information content (AvgIpc) is 2.43. The van der Waals surface area contributed by atoms with E-state index in [0.717, 1.165) is 19.0 Å². The number of nitrogens with zero attached hydrogens (tertiary/aromatic N) is 1. The minimum absolute atomic E-state index is 0.255. The number of hydrogen-bond acceptors (Lipinski definition) is 3. The van der Waals surface area contributed by atoms with Crippen molar-refractivity contribution >= 4 is 5.91 Å². The van der Waals surface area contributed by atoms with E-state index in [-0.39, 0.29) is 5.91 Å². The molecule has 1 amide bonds. The van der Waals surface area contributed by atoms with E-state index in [1.54, 1.807) is 0 Å². The number of amides is 1. The lowest BCUT2D eigenvalue weighted by molar-refractivity contribution is -0.124. The zero-order chi connectivity index (χ0) is 13.2. The second-order valence-corrected chi connectivity index (χ2v) is 6.70. The molecule has 4 fully saturated rings. The summed E-state index contributed by atoms with van der Waals surface area (Å²) in [7, 11) is 0. The van der Waals surface area contributed by atoms with Crippen molar-refractivity contribution in [2.45, 2.75) is 51.1 Å². The Morgan fingerprint density at radius 2 is 2.11 bits per heavy atom. The quantitative estimate of drug-likeness (QED) is 0.799. The highest BCUT2D eigenvalue weighted by molar-refractivity contribution is 5.77. The molecule has 0 radical (unpaired) electrons. The fourth-order valence-electron chi connectivity index (χ4n) is 3.98. The number of fused-ring (bicyclic) bond motifs is 3. The molecule has 0 spiro atoms. The number of hydrogen-bond donors (Lipinski definition) is 2. The van der Waals surface area contributed by atoms with Crippen molar-refractivity contribution in [3.05, 3.63) is 0 Å². The molecule has 0 aromatic rings. The van der Waals surface area contributed by atoms with E-state index >= 15 is 0 Å². The summed E-state index contributed by atoms with van der Waals surface area (Å²) in [4.78, 5) is 14.7. The van der Waals surface area contributed by atoms with Gasteiger partial charge in [0.25, 0.3) is 0 Å². The van der Waals surface area contributed by atoms with Crippen molar-refractivity contribution in [1.29, 1.82) is 0 Å². The summed E-state index contributed by atoms with van der Waals surface area (Å²) < 4.78 is 0. The fraction of sp³-hybridized carbons (Fsp3) is 0.933. The molecule has 2 bridgehead atoms. The van der Waals surface area contributed by atoms with E-state index in [4.69, 9.17) is 0 Å². The van der Waals surface area contributed by atoms with Gasteiger partial charge in [-0.1, -0.05) is 6.92 Å². The molecule has 4 heteroatoms. The van der Waals surface area contributed by atoms with Gasteiger partial charge in [-0.2, -0.15) is 0 Å². The number of carbonyl (C=O) groups excluding carboxylic acids is 1. The molecule has 0 saturated carbocycles. The molecule has 4 saturated heterocycles. The number of carbonyl (C=O) groups is 1. The summed E-state index contributed by atoms with van der Waals surface area (Å²) in [5.41, 5.74) is 0. The fourth-order valence-corrected chi connectivity index (χ4v) is 3.98. The van der Waals surface area contributed by atoms with Crippen molar-refractivity contribution in [1.82, 2.24) is 15.5 Å². The predicted octanol–water partition coefficient (Wildman–Crippen LogP) is 0.975. The van der Waals surface area contributed by atoms with Crippen LogP contribution in [0.3, 0.4) is 0 Å².